The lowest BCUT2D eigenvalue weighted by Gasteiger charge is -2.14. The molecular weight excluding hydrogens is 385 g/mol. The van der Waals surface area contributed by atoms with Gasteiger partial charge in [-0.15, -0.1) is 11.3 Å². The molecule has 1 aromatic carbocycles. The summed E-state index contributed by atoms with van der Waals surface area (Å²) in [5.41, 5.74) is 1.99. The molecule has 136 valence electrons. The Kier molecular flexibility index (Phi) is 5.28. The van der Waals surface area contributed by atoms with E-state index < -0.39 is 18.7 Å². The summed E-state index contributed by atoms with van der Waals surface area (Å²) in [6.07, 6.45) is -4.46. The van der Waals surface area contributed by atoms with Crippen molar-refractivity contribution in [2.24, 2.45) is 0 Å². The van der Waals surface area contributed by atoms with Gasteiger partial charge in [0.25, 0.3) is 5.91 Å². The van der Waals surface area contributed by atoms with Gasteiger partial charge in [-0.2, -0.15) is 24.5 Å². The number of carbonyl (C=O) groups excluding carboxylic acids is 1. The highest BCUT2D eigenvalue weighted by Crippen LogP contribution is 2.29. The lowest BCUT2D eigenvalue weighted by molar-refractivity contribution is -0.153. The molecule has 0 unspecified atom stereocenters. The number of carbonyl (C=O) groups is 1. The van der Waals surface area contributed by atoms with E-state index in [0.717, 1.165) is 5.56 Å². The van der Waals surface area contributed by atoms with Crippen molar-refractivity contribution in [2.75, 3.05) is 11.9 Å². The minimum absolute atomic E-state index is 0.0380. The number of hydrogen-bond donors (Lipinski definition) is 1. The first-order valence-electron chi connectivity index (χ1n) is 7.41. The molecule has 0 aliphatic carbocycles. The van der Waals surface area contributed by atoms with Crippen LogP contribution in [0.15, 0.2) is 40.4 Å². The van der Waals surface area contributed by atoms with Crippen LogP contribution in [0, 0.1) is 6.92 Å². The molecule has 0 aliphatic heterocycles. The van der Waals surface area contributed by atoms with Crippen molar-refractivity contribution in [3.63, 3.8) is 0 Å². The van der Waals surface area contributed by atoms with E-state index in [0.29, 0.717) is 10.6 Å². The number of nitrogens with one attached hydrogen (secondary N) is 1. The molecule has 9 heteroatoms. The maximum absolute atomic E-state index is 12.4. The highest BCUT2D eigenvalue weighted by Gasteiger charge is 2.29. The topological polar surface area (TPSA) is 51.2 Å². The first-order chi connectivity index (χ1) is 12.3. The molecule has 0 spiro atoms. The van der Waals surface area contributed by atoms with Crippen LogP contribution >= 0.6 is 22.7 Å². The Labute approximate surface area is 155 Å². The molecule has 0 radical (unpaired) electrons. The molecule has 1 N–H and O–H groups in total. The fourth-order valence-corrected chi connectivity index (χ4v) is 3.61. The molecule has 0 fully saturated rings. The average Bonchev–Trinajstić information content (AvgIpc) is 3.25. The number of rotatable bonds is 5. The Morgan fingerprint density at radius 1 is 1.27 bits per heavy atom. The number of alkyl halides is 3. The van der Waals surface area contributed by atoms with E-state index in [1.165, 1.54) is 34.8 Å². The molecule has 0 aliphatic rings. The summed E-state index contributed by atoms with van der Waals surface area (Å²) in [6, 6.07) is 6.52. The Hall–Kier alpha value is -2.39. The lowest BCUT2D eigenvalue weighted by Crippen LogP contribution is -2.20. The standard InChI is InChI=1S/C17H13F3N2O2S2/c1-10-2-3-12(14(6-10)24-9-17(18,19)20)21-15(23)13-8-26-16(22-13)11-4-5-25-7-11/h2-8H,9H2,1H3,(H,21,23). The number of aryl methyl sites for hydroxylation is 1. The maximum Gasteiger partial charge on any atom is 0.422 e. The fraction of sp³-hybridized carbons (Fsp3) is 0.176. The smallest absolute Gasteiger partial charge is 0.422 e. The van der Waals surface area contributed by atoms with Gasteiger partial charge in [0.15, 0.2) is 6.61 Å². The van der Waals surface area contributed by atoms with Crippen LogP contribution in [0.3, 0.4) is 0 Å². The molecule has 1 amide bonds. The molecular formula is C17H13F3N2O2S2. The van der Waals surface area contributed by atoms with Gasteiger partial charge in [-0.3, -0.25) is 4.79 Å². The second kappa shape index (κ2) is 7.46. The molecule has 0 saturated carbocycles. The predicted molar refractivity (Wildman–Crippen MR) is 96.1 cm³/mol. The molecule has 0 saturated heterocycles. The minimum atomic E-state index is -4.46. The minimum Gasteiger partial charge on any atom is -0.482 e. The Bertz CT molecular complexity index is 905. The third-order valence-corrected chi connectivity index (χ3v) is 4.86. The van der Waals surface area contributed by atoms with Crippen LogP contribution in [0.4, 0.5) is 18.9 Å². The van der Waals surface area contributed by atoms with Gasteiger partial charge in [0.1, 0.15) is 16.5 Å². The SMILES string of the molecule is Cc1ccc(NC(=O)c2csc(-c3ccsc3)n2)c(OCC(F)(F)F)c1. The van der Waals surface area contributed by atoms with Crippen LogP contribution in [-0.2, 0) is 0 Å². The van der Waals surface area contributed by atoms with E-state index in [1.807, 2.05) is 16.8 Å². The van der Waals surface area contributed by atoms with Crippen LogP contribution in [0.5, 0.6) is 5.75 Å². The van der Waals surface area contributed by atoms with E-state index in [2.05, 4.69) is 10.3 Å². The van der Waals surface area contributed by atoms with Crippen molar-refractivity contribution in [2.45, 2.75) is 13.1 Å². The van der Waals surface area contributed by atoms with Crippen LogP contribution < -0.4 is 10.1 Å². The summed E-state index contributed by atoms with van der Waals surface area (Å²) >= 11 is 2.84. The number of hydrogen-bond acceptors (Lipinski definition) is 5. The number of benzene rings is 1. The summed E-state index contributed by atoms with van der Waals surface area (Å²) in [5.74, 6) is -0.549. The first kappa shape index (κ1) is 18.4. The molecule has 2 aromatic heterocycles. The van der Waals surface area contributed by atoms with E-state index in [9.17, 15) is 18.0 Å². The van der Waals surface area contributed by atoms with Gasteiger partial charge >= 0.3 is 6.18 Å². The zero-order valence-electron chi connectivity index (χ0n) is 13.5. The highest BCUT2D eigenvalue weighted by molar-refractivity contribution is 7.14. The fourth-order valence-electron chi connectivity index (χ4n) is 2.09. The molecule has 2 heterocycles. The number of amides is 1. The van der Waals surface area contributed by atoms with Crippen molar-refractivity contribution in [3.8, 4) is 16.3 Å². The number of nitrogens with zero attached hydrogens (tertiary/aromatic N) is 1. The van der Waals surface area contributed by atoms with Crippen LogP contribution in [0.1, 0.15) is 16.1 Å². The molecule has 0 atom stereocenters. The van der Waals surface area contributed by atoms with Gasteiger partial charge < -0.3 is 10.1 Å². The Balaban J connectivity index is 1.77. The van der Waals surface area contributed by atoms with Gasteiger partial charge in [-0.1, -0.05) is 6.07 Å². The predicted octanol–water partition coefficient (Wildman–Crippen LogP) is 5.37. The zero-order valence-corrected chi connectivity index (χ0v) is 15.1. The summed E-state index contributed by atoms with van der Waals surface area (Å²) in [7, 11) is 0. The van der Waals surface area contributed by atoms with Gasteiger partial charge in [0.2, 0.25) is 0 Å². The average molecular weight is 398 g/mol. The summed E-state index contributed by atoms with van der Waals surface area (Å²) in [6.45, 7) is 0.290. The number of halogens is 3. The number of thiazole rings is 1. The van der Waals surface area contributed by atoms with Gasteiger partial charge in [-0.05, 0) is 36.1 Å². The second-order valence-corrected chi connectivity index (χ2v) is 7.05. The molecule has 4 nitrogen and oxygen atoms in total. The molecule has 0 bridgehead atoms. The second-order valence-electron chi connectivity index (χ2n) is 5.41. The van der Waals surface area contributed by atoms with E-state index >= 15 is 0 Å². The van der Waals surface area contributed by atoms with E-state index in [4.69, 9.17) is 4.74 Å². The van der Waals surface area contributed by atoms with Gasteiger partial charge in [0, 0.05) is 16.3 Å². The number of anilines is 1. The van der Waals surface area contributed by atoms with Gasteiger partial charge in [0.05, 0.1) is 5.69 Å². The maximum atomic E-state index is 12.4. The monoisotopic (exact) mass is 398 g/mol. The van der Waals surface area contributed by atoms with E-state index in [-0.39, 0.29) is 17.1 Å². The summed E-state index contributed by atoms with van der Waals surface area (Å²) in [4.78, 5) is 16.7. The van der Waals surface area contributed by atoms with Crippen LogP contribution in [-0.4, -0.2) is 23.7 Å². The van der Waals surface area contributed by atoms with Gasteiger partial charge in [-0.25, -0.2) is 4.98 Å². The number of aromatic nitrogens is 1. The normalized spacial score (nSPS) is 11.4. The van der Waals surface area contributed by atoms with Crippen molar-refractivity contribution >= 4 is 34.3 Å². The van der Waals surface area contributed by atoms with Crippen molar-refractivity contribution in [1.82, 2.24) is 4.98 Å². The van der Waals surface area contributed by atoms with Crippen molar-refractivity contribution in [3.05, 3.63) is 51.7 Å². The third-order valence-electron chi connectivity index (χ3n) is 3.28. The summed E-state index contributed by atoms with van der Waals surface area (Å²) < 4.78 is 42.1. The lowest BCUT2D eigenvalue weighted by atomic mass is 10.2. The number of ether oxygens (including phenoxy) is 1. The first-order valence-corrected chi connectivity index (χ1v) is 9.24. The quantitative estimate of drug-likeness (QED) is 0.628. The molecule has 26 heavy (non-hydrogen) atoms. The number of thiophene rings is 1. The largest absolute Gasteiger partial charge is 0.482 e. The molecule has 3 rings (SSSR count). The van der Waals surface area contributed by atoms with E-state index in [1.54, 1.807) is 18.4 Å². The zero-order chi connectivity index (χ0) is 18.7. The van der Waals surface area contributed by atoms with Crippen LogP contribution in [0.25, 0.3) is 10.6 Å². The summed E-state index contributed by atoms with van der Waals surface area (Å²) in [5, 5.41) is 8.70. The Morgan fingerprint density at radius 2 is 2.08 bits per heavy atom. The Morgan fingerprint density at radius 3 is 2.77 bits per heavy atom. The van der Waals surface area contributed by atoms with Crippen LogP contribution in [0.2, 0.25) is 0 Å². The van der Waals surface area contributed by atoms with Crippen molar-refractivity contribution in [1.29, 1.82) is 0 Å². The van der Waals surface area contributed by atoms with Crippen molar-refractivity contribution < 1.29 is 22.7 Å². The third kappa shape index (κ3) is 4.61. The molecule has 3 aromatic rings. The highest BCUT2D eigenvalue weighted by atomic mass is 32.1.